The van der Waals surface area contributed by atoms with Gasteiger partial charge in [0.2, 0.25) is 5.12 Å². The Kier molecular flexibility index (Phi) is 5.69. The molecule has 116 valence electrons. The smallest absolute Gasteiger partial charge is 0.354 e. The lowest BCUT2D eigenvalue weighted by atomic mass is 10.1. The minimum Gasteiger partial charge on any atom is -0.461 e. The van der Waals surface area contributed by atoms with Crippen molar-refractivity contribution < 1.29 is 14.3 Å². The number of aromatic amines is 1. The fourth-order valence-electron chi connectivity index (χ4n) is 1.99. The third kappa shape index (κ3) is 3.72. The highest BCUT2D eigenvalue weighted by atomic mass is 35.5. The molecule has 4 nitrogen and oxygen atoms in total. The number of halogens is 1. The molecule has 22 heavy (non-hydrogen) atoms. The summed E-state index contributed by atoms with van der Waals surface area (Å²) >= 11 is 7.09. The zero-order valence-electron chi connectivity index (χ0n) is 12.3. The lowest BCUT2D eigenvalue weighted by Crippen LogP contribution is -2.04. The molecule has 0 saturated heterocycles. The van der Waals surface area contributed by atoms with Crippen LogP contribution in [0.1, 0.15) is 34.7 Å². The number of hydrogen-bond donors (Lipinski definition) is 1. The van der Waals surface area contributed by atoms with Gasteiger partial charge in [-0.15, -0.1) is 0 Å². The highest BCUT2D eigenvalue weighted by molar-refractivity contribution is 8.14. The van der Waals surface area contributed by atoms with Crippen LogP contribution < -0.4 is 0 Å². The predicted octanol–water partition coefficient (Wildman–Crippen LogP) is 4.41. The van der Waals surface area contributed by atoms with Gasteiger partial charge in [0.05, 0.1) is 17.9 Å². The number of hydrogen-bond acceptors (Lipinski definition) is 4. The number of ether oxygens (including phenoxy) is 1. The van der Waals surface area contributed by atoms with Crippen molar-refractivity contribution in [2.45, 2.75) is 13.8 Å². The van der Waals surface area contributed by atoms with Gasteiger partial charge in [0.15, 0.2) is 0 Å². The monoisotopic (exact) mass is 337 g/mol. The van der Waals surface area contributed by atoms with Gasteiger partial charge in [-0.1, -0.05) is 42.4 Å². The molecule has 0 aliphatic rings. The number of thioether (sulfide) groups is 1. The van der Waals surface area contributed by atoms with Gasteiger partial charge < -0.3 is 9.72 Å². The van der Waals surface area contributed by atoms with Gasteiger partial charge in [0, 0.05) is 5.02 Å². The average molecular weight is 338 g/mol. The summed E-state index contributed by atoms with van der Waals surface area (Å²) in [4.78, 5) is 27.1. The number of esters is 1. The first-order valence-corrected chi connectivity index (χ1v) is 8.26. The largest absolute Gasteiger partial charge is 0.461 e. The summed E-state index contributed by atoms with van der Waals surface area (Å²) < 4.78 is 4.98. The quantitative estimate of drug-likeness (QED) is 0.821. The van der Waals surface area contributed by atoms with Crippen LogP contribution in [0.15, 0.2) is 30.3 Å². The van der Waals surface area contributed by atoms with Crippen LogP contribution in [0.2, 0.25) is 5.02 Å². The van der Waals surface area contributed by atoms with Gasteiger partial charge in [-0.2, -0.15) is 0 Å². The van der Waals surface area contributed by atoms with Gasteiger partial charge in [-0.05, 0) is 36.4 Å². The van der Waals surface area contributed by atoms with Crippen LogP contribution in [-0.2, 0) is 4.74 Å². The summed E-state index contributed by atoms with van der Waals surface area (Å²) in [5, 5.41) is 0.524. The molecule has 0 aliphatic carbocycles. The van der Waals surface area contributed by atoms with E-state index < -0.39 is 5.97 Å². The van der Waals surface area contributed by atoms with Gasteiger partial charge in [0.1, 0.15) is 5.69 Å². The van der Waals surface area contributed by atoms with Crippen LogP contribution in [-0.4, -0.2) is 28.4 Å². The standard InChI is InChI=1S/C16H16ClNO3S/c1-3-21-15(19)13-9-12(16(20)22-4-2)14(18-13)10-5-7-11(17)8-6-10/h5-9,18H,3-4H2,1-2H3. The SMILES string of the molecule is CCOC(=O)c1cc(C(=O)SCC)c(-c2ccc(Cl)cc2)[nH]1. The van der Waals surface area contributed by atoms with Crippen molar-refractivity contribution in [3.8, 4) is 11.3 Å². The molecule has 1 aromatic carbocycles. The highest BCUT2D eigenvalue weighted by Gasteiger charge is 2.20. The lowest BCUT2D eigenvalue weighted by Gasteiger charge is -2.03. The lowest BCUT2D eigenvalue weighted by molar-refractivity contribution is 0.0520. The van der Waals surface area contributed by atoms with Crippen molar-refractivity contribution in [1.29, 1.82) is 0 Å². The fourth-order valence-corrected chi connectivity index (χ4v) is 2.69. The minimum absolute atomic E-state index is 0.0840. The number of H-pyrrole nitrogens is 1. The molecule has 6 heteroatoms. The van der Waals surface area contributed by atoms with Crippen LogP contribution in [0.3, 0.4) is 0 Å². The first-order valence-electron chi connectivity index (χ1n) is 6.90. The summed E-state index contributed by atoms with van der Waals surface area (Å²) in [6.45, 7) is 3.92. The second-order valence-electron chi connectivity index (χ2n) is 4.42. The summed E-state index contributed by atoms with van der Waals surface area (Å²) in [5.74, 6) is 0.192. The molecular weight excluding hydrogens is 322 g/mol. The van der Waals surface area contributed by atoms with Crippen molar-refractivity contribution in [3.63, 3.8) is 0 Å². The van der Waals surface area contributed by atoms with E-state index in [1.165, 1.54) is 11.8 Å². The van der Waals surface area contributed by atoms with Gasteiger partial charge >= 0.3 is 5.97 Å². The molecule has 2 rings (SSSR count). The van der Waals surface area contributed by atoms with Crippen LogP contribution in [0.25, 0.3) is 11.3 Å². The van der Waals surface area contributed by atoms with Crippen molar-refractivity contribution >= 4 is 34.4 Å². The molecule has 0 fully saturated rings. The van der Waals surface area contributed by atoms with Crippen LogP contribution >= 0.6 is 23.4 Å². The molecule has 1 N–H and O–H groups in total. The summed E-state index contributed by atoms with van der Waals surface area (Å²) in [7, 11) is 0. The van der Waals surface area contributed by atoms with Crippen molar-refractivity contribution in [2.75, 3.05) is 12.4 Å². The van der Waals surface area contributed by atoms with Crippen LogP contribution in [0.5, 0.6) is 0 Å². The van der Waals surface area contributed by atoms with E-state index in [0.717, 1.165) is 5.56 Å². The molecule has 0 atom stereocenters. The molecule has 0 bridgehead atoms. The molecule has 0 saturated carbocycles. The third-order valence-corrected chi connectivity index (χ3v) is 3.96. The van der Waals surface area contributed by atoms with E-state index in [4.69, 9.17) is 16.3 Å². The molecule has 1 heterocycles. The van der Waals surface area contributed by atoms with Crippen molar-refractivity contribution in [3.05, 3.63) is 46.6 Å². The van der Waals surface area contributed by atoms with Gasteiger partial charge in [0.25, 0.3) is 0 Å². The first kappa shape index (κ1) is 16.6. The van der Waals surface area contributed by atoms with Crippen LogP contribution in [0, 0.1) is 0 Å². The number of carbonyl (C=O) groups is 2. The number of carbonyl (C=O) groups excluding carboxylic acids is 2. The Morgan fingerprint density at radius 2 is 1.91 bits per heavy atom. The predicted molar refractivity (Wildman–Crippen MR) is 89.7 cm³/mol. The van der Waals surface area contributed by atoms with E-state index in [2.05, 4.69) is 4.98 Å². The van der Waals surface area contributed by atoms with E-state index in [1.54, 1.807) is 37.3 Å². The summed E-state index contributed by atoms with van der Waals surface area (Å²) in [6, 6.07) is 8.63. The molecule has 2 aromatic rings. The zero-order valence-corrected chi connectivity index (χ0v) is 13.9. The Morgan fingerprint density at radius 1 is 1.23 bits per heavy atom. The molecule has 0 unspecified atom stereocenters. The fraction of sp³-hybridized carbons (Fsp3) is 0.250. The topological polar surface area (TPSA) is 59.2 Å². The van der Waals surface area contributed by atoms with E-state index in [1.807, 2.05) is 6.92 Å². The Hall–Kier alpha value is -1.72. The highest BCUT2D eigenvalue weighted by Crippen LogP contribution is 2.28. The molecule has 0 amide bonds. The first-order chi connectivity index (χ1) is 10.6. The number of aromatic nitrogens is 1. The minimum atomic E-state index is -0.474. The van der Waals surface area contributed by atoms with E-state index in [9.17, 15) is 9.59 Å². The Balaban J connectivity index is 2.47. The molecule has 0 radical (unpaired) electrons. The summed E-state index contributed by atoms with van der Waals surface area (Å²) in [5.41, 5.74) is 2.13. The third-order valence-electron chi connectivity index (χ3n) is 2.94. The van der Waals surface area contributed by atoms with Gasteiger partial charge in [-0.3, -0.25) is 4.79 Å². The second kappa shape index (κ2) is 7.51. The second-order valence-corrected chi connectivity index (χ2v) is 6.09. The summed E-state index contributed by atoms with van der Waals surface area (Å²) in [6.07, 6.45) is 0. The number of rotatable bonds is 5. The van der Waals surface area contributed by atoms with Crippen molar-refractivity contribution in [2.24, 2.45) is 0 Å². The molecule has 0 aliphatic heterocycles. The van der Waals surface area contributed by atoms with Gasteiger partial charge in [-0.25, -0.2) is 4.79 Å². The Labute approximate surface area is 138 Å². The number of benzene rings is 1. The maximum atomic E-state index is 12.3. The maximum absolute atomic E-state index is 12.3. The number of nitrogens with one attached hydrogen (secondary N) is 1. The molecule has 1 aromatic heterocycles. The molecule has 0 spiro atoms. The Morgan fingerprint density at radius 3 is 2.50 bits per heavy atom. The average Bonchev–Trinajstić information content (AvgIpc) is 2.94. The van der Waals surface area contributed by atoms with E-state index in [-0.39, 0.29) is 17.4 Å². The maximum Gasteiger partial charge on any atom is 0.354 e. The van der Waals surface area contributed by atoms with Crippen LogP contribution in [0.4, 0.5) is 0 Å². The normalized spacial score (nSPS) is 10.5. The zero-order chi connectivity index (χ0) is 16.1. The van der Waals surface area contributed by atoms with Crippen molar-refractivity contribution in [1.82, 2.24) is 4.98 Å². The van der Waals surface area contributed by atoms with E-state index in [0.29, 0.717) is 22.0 Å². The molecular formula is C16H16ClNO3S. The van der Waals surface area contributed by atoms with E-state index >= 15 is 0 Å². The Bertz CT molecular complexity index is 679.